The lowest BCUT2D eigenvalue weighted by Crippen LogP contribution is -3.16. The molecule has 0 spiro atoms. The van der Waals surface area contributed by atoms with Gasteiger partial charge in [-0.3, -0.25) is 4.79 Å². The molecule has 1 unspecified atom stereocenters. The summed E-state index contributed by atoms with van der Waals surface area (Å²) >= 11 is 0. The predicted octanol–water partition coefficient (Wildman–Crippen LogP) is 1.97. The third-order valence-electron chi connectivity index (χ3n) is 4.56. The average molecular weight is 301 g/mol. The van der Waals surface area contributed by atoms with Crippen LogP contribution in [-0.2, 0) is 4.79 Å². The molecule has 120 valence electrons. The number of likely N-dealkylation sites (tertiary alicyclic amines) is 1. The van der Waals surface area contributed by atoms with Gasteiger partial charge in [-0.05, 0) is 44.7 Å². The Balaban J connectivity index is 1.64. The van der Waals surface area contributed by atoms with E-state index >= 15 is 0 Å². The van der Waals surface area contributed by atoms with Crippen molar-refractivity contribution in [1.82, 2.24) is 5.32 Å². The van der Waals surface area contributed by atoms with E-state index in [1.807, 2.05) is 18.2 Å². The molecule has 1 saturated heterocycles. The molecule has 1 aromatic rings. The number of hydrogen-bond acceptors (Lipinski definition) is 1. The number of piperidine rings is 1. The standard InChI is InChI=1S/C19H28N2O/c1-16-7-9-18(10-8-16)11-12-19(22)20-13-5-15-21-14-4-3-6-17(21)2/h7-12,17H,3-6,13-15H2,1-2H3,(H,20,22)/p+1/b12-11+/t17-/m0/s1. The Morgan fingerprint density at radius 3 is 2.82 bits per heavy atom. The van der Waals surface area contributed by atoms with Crippen LogP contribution in [0.25, 0.3) is 6.08 Å². The first-order valence-electron chi connectivity index (χ1n) is 8.52. The third kappa shape index (κ3) is 5.64. The van der Waals surface area contributed by atoms with Gasteiger partial charge >= 0.3 is 0 Å². The lowest BCUT2D eigenvalue weighted by atomic mass is 10.0. The van der Waals surface area contributed by atoms with Crippen LogP contribution in [0.1, 0.15) is 43.7 Å². The topological polar surface area (TPSA) is 33.5 Å². The molecule has 1 amide bonds. The first-order chi connectivity index (χ1) is 10.6. The molecule has 22 heavy (non-hydrogen) atoms. The zero-order chi connectivity index (χ0) is 15.8. The molecule has 3 nitrogen and oxygen atoms in total. The molecule has 1 aliphatic heterocycles. The molecule has 2 N–H and O–H groups in total. The van der Waals surface area contributed by atoms with Gasteiger partial charge in [0.25, 0.3) is 0 Å². The molecule has 2 atom stereocenters. The quantitative estimate of drug-likeness (QED) is 0.611. The van der Waals surface area contributed by atoms with E-state index in [0.717, 1.165) is 24.6 Å². The first-order valence-corrected chi connectivity index (χ1v) is 8.52. The van der Waals surface area contributed by atoms with Gasteiger partial charge in [-0.15, -0.1) is 0 Å². The molecular weight excluding hydrogens is 272 g/mol. The van der Waals surface area contributed by atoms with Gasteiger partial charge in [0.2, 0.25) is 5.91 Å². The Bertz CT molecular complexity index is 493. The first kappa shape index (κ1) is 16.8. The molecule has 2 rings (SSSR count). The molecule has 0 radical (unpaired) electrons. The normalized spacial score (nSPS) is 21.9. The lowest BCUT2D eigenvalue weighted by Gasteiger charge is -2.30. The molecule has 0 bridgehead atoms. The van der Waals surface area contributed by atoms with Crippen LogP contribution in [0.15, 0.2) is 30.3 Å². The fourth-order valence-corrected chi connectivity index (χ4v) is 3.06. The Labute approximate surface area is 134 Å². The van der Waals surface area contributed by atoms with Crippen molar-refractivity contribution in [3.05, 3.63) is 41.5 Å². The van der Waals surface area contributed by atoms with E-state index in [0.29, 0.717) is 0 Å². The number of benzene rings is 1. The second kappa shape index (κ2) is 8.74. The maximum Gasteiger partial charge on any atom is 0.244 e. The van der Waals surface area contributed by atoms with E-state index in [1.54, 1.807) is 11.0 Å². The molecule has 0 aromatic heterocycles. The minimum atomic E-state index is 0.00210. The Hall–Kier alpha value is -1.61. The minimum absolute atomic E-state index is 0.00210. The SMILES string of the molecule is Cc1ccc(/C=C/C(=O)NCCC[NH+]2CCCC[C@@H]2C)cc1. The number of rotatable bonds is 6. The summed E-state index contributed by atoms with van der Waals surface area (Å²) in [5.41, 5.74) is 2.29. The van der Waals surface area contributed by atoms with E-state index in [1.165, 1.54) is 37.9 Å². The maximum atomic E-state index is 11.8. The summed E-state index contributed by atoms with van der Waals surface area (Å²) in [5, 5.41) is 2.98. The van der Waals surface area contributed by atoms with E-state index in [9.17, 15) is 4.79 Å². The fraction of sp³-hybridized carbons (Fsp3) is 0.526. The van der Waals surface area contributed by atoms with Crippen LogP contribution in [0.3, 0.4) is 0 Å². The van der Waals surface area contributed by atoms with Gasteiger partial charge in [-0.25, -0.2) is 0 Å². The van der Waals surface area contributed by atoms with Gasteiger partial charge in [0.1, 0.15) is 0 Å². The summed E-state index contributed by atoms with van der Waals surface area (Å²) in [6.45, 7) is 7.64. The summed E-state index contributed by atoms with van der Waals surface area (Å²) in [4.78, 5) is 13.5. The number of carbonyl (C=O) groups is 1. The van der Waals surface area contributed by atoms with Crippen molar-refractivity contribution in [2.24, 2.45) is 0 Å². The van der Waals surface area contributed by atoms with Crippen molar-refractivity contribution in [2.45, 2.75) is 45.6 Å². The molecule has 3 heteroatoms. The van der Waals surface area contributed by atoms with Gasteiger partial charge in [0.15, 0.2) is 0 Å². The van der Waals surface area contributed by atoms with Crippen LogP contribution in [0.5, 0.6) is 0 Å². The van der Waals surface area contributed by atoms with Crippen LogP contribution in [0, 0.1) is 6.92 Å². The Morgan fingerprint density at radius 2 is 2.09 bits per heavy atom. The van der Waals surface area contributed by atoms with Crippen molar-refractivity contribution < 1.29 is 9.69 Å². The van der Waals surface area contributed by atoms with Gasteiger partial charge in [-0.1, -0.05) is 29.8 Å². The number of hydrogen-bond donors (Lipinski definition) is 2. The second-order valence-electron chi connectivity index (χ2n) is 6.44. The molecule has 1 heterocycles. The smallest absolute Gasteiger partial charge is 0.244 e. The molecule has 1 aliphatic rings. The van der Waals surface area contributed by atoms with E-state index in [4.69, 9.17) is 0 Å². The van der Waals surface area contributed by atoms with Gasteiger partial charge in [0.05, 0.1) is 19.1 Å². The maximum absolute atomic E-state index is 11.8. The summed E-state index contributed by atoms with van der Waals surface area (Å²) < 4.78 is 0. The third-order valence-corrected chi connectivity index (χ3v) is 4.56. The highest BCUT2D eigenvalue weighted by Crippen LogP contribution is 2.04. The Morgan fingerprint density at radius 1 is 1.32 bits per heavy atom. The van der Waals surface area contributed by atoms with Crippen molar-refractivity contribution in [3.63, 3.8) is 0 Å². The highest BCUT2D eigenvalue weighted by atomic mass is 16.1. The van der Waals surface area contributed by atoms with E-state index < -0.39 is 0 Å². The summed E-state index contributed by atoms with van der Waals surface area (Å²) in [6.07, 6.45) is 8.63. The van der Waals surface area contributed by atoms with Crippen molar-refractivity contribution in [3.8, 4) is 0 Å². The Kier molecular flexibility index (Phi) is 6.66. The van der Waals surface area contributed by atoms with Gasteiger partial charge < -0.3 is 10.2 Å². The summed E-state index contributed by atoms with van der Waals surface area (Å²) in [7, 11) is 0. The van der Waals surface area contributed by atoms with Gasteiger partial charge in [0, 0.05) is 19.0 Å². The zero-order valence-corrected chi connectivity index (χ0v) is 13.9. The van der Waals surface area contributed by atoms with Crippen LogP contribution >= 0.6 is 0 Å². The van der Waals surface area contributed by atoms with Crippen LogP contribution in [0.4, 0.5) is 0 Å². The summed E-state index contributed by atoms with van der Waals surface area (Å²) in [6, 6.07) is 8.95. The van der Waals surface area contributed by atoms with Crippen molar-refractivity contribution in [2.75, 3.05) is 19.6 Å². The predicted molar refractivity (Wildman–Crippen MR) is 91.8 cm³/mol. The highest BCUT2D eigenvalue weighted by molar-refractivity contribution is 5.91. The van der Waals surface area contributed by atoms with E-state index in [2.05, 4.69) is 31.3 Å². The number of aryl methyl sites for hydroxylation is 1. The van der Waals surface area contributed by atoms with E-state index in [-0.39, 0.29) is 5.91 Å². The number of amides is 1. The van der Waals surface area contributed by atoms with Crippen molar-refractivity contribution >= 4 is 12.0 Å². The largest absolute Gasteiger partial charge is 0.352 e. The van der Waals surface area contributed by atoms with Crippen LogP contribution < -0.4 is 10.2 Å². The molecule has 1 aromatic carbocycles. The lowest BCUT2D eigenvalue weighted by molar-refractivity contribution is -0.928. The monoisotopic (exact) mass is 301 g/mol. The highest BCUT2D eigenvalue weighted by Gasteiger charge is 2.20. The molecule has 1 fully saturated rings. The van der Waals surface area contributed by atoms with Gasteiger partial charge in [-0.2, -0.15) is 0 Å². The van der Waals surface area contributed by atoms with Crippen molar-refractivity contribution in [1.29, 1.82) is 0 Å². The number of nitrogens with one attached hydrogen (secondary N) is 2. The van der Waals surface area contributed by atoms with Crippen LogP contribution in [-0.4, -0.2) is 31.6 Å². The second-order valence-corrected chi connectivity index (χ2v) is 6.44. The number of quaternary nitrogens is 1. The molecular formula is C19H29N2O+. The average Bonchev–Trinajstić information content (AvgIpc) is 2.52. The number of carbonyl (C=O) groups excluding carboxylic acids is 1. The summed E-state index contributed by atoms with van der Waals surface area (Å²) in [5.74, 6) is 0.00210. The van der Waals surface area contributed by atoms with Crippen LogP contribution in [0.2, 0.25) is 0 Å². The minimum Gasteiger partial charge on any atom is -0.352 e. The zero-order valence-electron chi connectivity index (χ0n) is 13.9. The fourth-order valence-electron chi connectivity index (χ4n) is 3.06. The molecule has 0 saturated carbocycles. The molecule has 0 aliphatic carbocycles.